The molecule has 0 heterocycles. The Balaban J connectivity index is 2.91. The molecule has 0 radical (unpaired) electrons. The van der Waals surface area contributed by atoms with Crippen LogP contribution < -0.4 is 5.30 Å². The van der Waals surface area contributed by atoms with Crippen molar-refractivity contribution in [1.82, 2.24) is 0 Å². The Morgan fingerprint density at radius 1 is 1.36 bits per heavy atom. The van der Waals surface area contributed by atoms with E-state index in [2.05, 4.69) is 0 Å². The first-order chi connectivity index (χ1) is 5.24. The van der Waals surface area contributed by atoms with E-state index in [4.69, 9.17) is 22.5 Å². The Kier molecular flexibility index (Phi) is 4.01. The van der Waals surface area contributed by atoms with Crippen molar-refractivity contribution in [2.75, 3.05) is 6.26 Å². The van der Waals surface area contributed by atoms with E-state index in [0.717, 1.165) is 5.30 Å². The summed E-state index contributed by atoms with van der Waals surface area (Å²) in [5.74, 6) is 0. The lowest BCUT2D eigenvalue weighted by Crippen LogP contribution is -1.92. The summed E-state index contributed by atoms with van der Waals surface area (Å²) in [6.07, 6.45) is 2.03. The van der Waals surface area contributed by atoms with E-state index in [-0.39, 0.29) is 0 Å². The molecule has 0 fully saturated rings. The topological polar surface area (TPSA) is 0 Å². The van der Waals surface area contributed by atoms with Crippen molar-refractivity contribution in [3.63, 3.8) is 0 Å². The highest BCUT2D eigenvalue weighted by atomic mass is 35.9. The summed E-state index contributed by atoms with van der Waals surface area (Å²) < 4.78 is 0. The van der Waals surface area contributed by atoms with Crippen LogP contribution in [0.2, 0.25) is 0 Å². The summed E-state index contributed by atoms with van der Waals surface area (Å²) in [4.78, 5) is 1.20. The molecule has 0 aromatic heterocycles. The van der Waals surface area contributed by atoms with Gasteiger partial charge in [-0.3, -0.25) is 0 Å². The molecule has 4 heteroatoms. The van der Waals surface area contributed by atoms with Crippen LogP contribution in [0, 0.1) is 0 Å². The molecule has 0 bridgehead atoms. The number of hydrogen-bond acceptors (Lipinski definition) is 1. The molecule has 0 saturated heterocycles. The molecule has 0 aliphatic carbocycles. The molecule has 0 spiro atoms. The fraction of sp³-hybridized carbons (Fsp3) is 0.143. The molecule has 0 saturated carbocycles. The van der Waals surface area contributed by atoms with Crippen molar-refractivity contribution in [2.24, 2.45) is 0 Å². The van der Waals surface area contributed by atoms with Gasteiger partial charge < -0.3 is 0 Å². The van der Waals surface area contributed by atoms with Crippen LogP contribution in [0.25, 0.3) is 0 Å². The number of hydrogen-bond donors (Lipinski definition) is 0. The number of rotatable bonds is 2. The van der Waals surface area contributed by atoms with Gasteiger partial charge in [0.1, 0.15) is 6.63 Å². The largest absolute Gasteiger partial charge is 0.130 e. The highest BCUT2D eigenvalue weighted by molar-refractivity contribution is 8.08. The lowest BCUT2D eigenvalue weighted by Gasteiger charge is -2.01. The molecule has 1 aromatic carbocycles. The quantitative estimate of drug-likeness (QED) is 0.544. The Labute approximate surface area is 81.6 Å². The summed E-state index contributed by atoms with van der Waals surface area (Å²) in [6.45, 7) is -0.986. The van der Waals surface area contributed by atoms with E-state index in [1.54, 1.807) is 11.8 Å². The van der Waals surface area contributed by atoms with E-state index in [9.17, 15) is 0 Å². The summed E-state index contributed by atoms with van der Waals surface area (Å²) in [5, 5.41) is 1.02. The third kappa shape index (κ3) is 2.83. The van der Waals surface area contributed by atoms with Gasteiger partial charge in [-0.05, 0) is 18.4 Å². The monoisotopic (exact) mass is 224 g/mol. The Morgan fingerprint density at radius 3 is 2.64 bits per heavy atom. The first kappa shape index (κ1) is 9.67. The Morgan fingerprint density at radius 2 is 2.09 bits per heavy atom. The third-order valence-electron chi connectivity index (χ3n) is 1.25. The van der Waals surface area contributed by atoms with Crippen molar-refractivity contribution in [2.45, 2.75) is 4.90 Å². The van der Waals surface area contributed by atoms with Crippen LogP contribution in [0.3, 0.4) is 0 Å². The zero-order chi connectivity index (χ0) is 8.27. The van der Waals surface area contributed by atoms with Gasteiger partial charge in [-0.15, -0.1) is 11.8 Å². The minimum atomic E-state index is -0.986. The van der Waals surface area contributed by atoms with Crippen molar-refractivity contribution in [3.8, 4) is 0 Å². The highest BCUT2D eigenvalue weighted by Crippen LogP contribution is 2.45. The molecule has 1 rings (SSSR count). The lowest BCUT2D eigenvalue weighted by atomic mass is 10.4. The molecular formula is C7H7Cl2PS. The zero-order valence-corrected chi connectivity index (χ0v) is 9.14. The minimum absolute atomic E-state index is 0.986. The maximum Gasteiger partial charge on any atom is 0.116 e. The normalized spacial score (nSPS) is 10.5. The van der Waals surface area contributed by atoms with Crippen molar-refractivity contribution in [1.29, 1.82) is 0 Å². The summed E-state index contributed by atoms with van der Waals surface area (Å²) >= 11 is 13.2. The van der Waals surface area contributed by atoms with E-state index >= 15 is 0 Å². The van der Waals surface area contributed by atoms with E-state index in [1.165, 1.54) is 4.90 Å². The van der Waals surface area contributed by atoms with Crippen LogP contribution in [0.1, 0.15) is 0 Å². The van der Waals surface area contributed by atoms with Crippen LogP contribution in [-0.2, 0) is 0 Å². The fourth-order valence-corrected chi connectivity index (χ4v) is 2.33. The minimum Gasteiger partial charge on any atom is -0.130 e. The van der Waals surface area contributed by atoms with Crippen LogP contribution >= 0.6 is 40.9 Å². The lowest BCUT2D eigenvalue weighted by molar-refractivity contribution is 1.50. The highest BCUT2D eigenvalue weighted by Gasteiger charge is 2.02. The Hall–Kier alpha value is 0.580. The Bertz CT molecular complexity index is 240. The molecule has 60 valence electrons. The molecule has 11 heavy (non-hydrogen) atoms. The first-order valence-electron chi connectivity index (χ1n) is 3.00. The van der Waals surface area contributed by atoms with Crippen molar-refractivity contribution >= 4 is 46.2 Å². The van der Waals surface area contributed by atoms with Gasteiger partial charge in [0.05, 0.1) is 0 Å². The maximum absolute atomic E-state index is 5.75. The van der Waals surface area contributed by atoms with Gasteiger partial charge in [-0.25, -0.2) is 0 Å². The fourth-order valence-electron chi connectivity index (χ4n) is 0.716. The van der Waals surface area contributed by atoms with E-state index < -0.39 is 6.63 Å². The number of halogens is 2. The van der Waals surface area contributed by atoms with Crippen LogP contribution in [0.4, 0.5) is 0 Å². The summed E-state index contributed by atoms with van der Waals surface area (Å²) in [7, 11) is 0. The molecule has 0 nitrogen and oxygen atoms in total. The molecule has 0 aliphatic heterocycles. The molecule has 0 amide bonds. The molecule has 0 N–H and O–H groups in total. The molecule has 0 atom stereocenters. The van der Waals surface area contributed by atoms with Gasteiger partial charge in [-0.2, -0.15) is 0 Å². The second-order valence-corrected chi connectivity index (χ2v) is 6.34. The van der Waals surface area contributed by atoms with Gasteiger partial charge in [0.2, 0.25) is 0 Å². The van der Waals surface area contributed by atoms with E-state index in [0.29, 0.717) is 0 Å². The predicted molar refractivity (Wildman–Crippen MR) is 56.5 cm³/mol. The molecule has 1 aromatic rings. The van der Waals surface area contributed by atoms with Gasteiger partial charge in [-0.1, -0.05) is 34.6 Å². The van der Waals surface area contributed by atoms with Gasteiger partial charge >= 0.3 is 0 Å². The average Bonchev–Trinajstić information content (AvgIpc) is 2.05. The zero-order valence-electron chi connectivity index (χ0n) is 5.92. The van der Waals surface area contributed by atoms with Crippen molar-refractivity contribution < 1.29 is 0 Å². The van der Waals surface area contributed by atoms with Gasteiger partial charge in [0.25, 0.3) is 0 Å². The van der Waals surface area contributed by atoms with Crippen LogP contribution in [-0.4, -0.2) is 6.26 Å². The van der Waals surface area contributed by atoms with E-state index in [1.807, 2.05) is 30.5 Å². The SMILES string of the molecule is CSc1cccc(P(Cl)Cl)c1. The van der Waals surface area contributed by atoms with Gasteiger partial charge in [0.15, 0.2) is 0 Å². The van der Waals surface area contributed by atoms with Crippen LogP contribution in [0.15, 0.2) is 29.2 Å². The second kappa shape index (κ2) is 4.57. The standard InChI is InChI=1S/C7H7Cl2PS/c1-11-7-4-2-3-6(5-7)10(8)9/h2-5H,1H3. The summed E-state index contributed by atoms with van der Waals surface area (Å²) in [5.41, 5.74) is 0. The first-order valence-corrected chi connectivity index (χ1v) is 7.37. The summed E-state index contributed by atoms with van der Waals surface area (Å²) in [6, 6.07) is 7.99. The molecular weight excluding hydrogens is 218 g/mol. The van der Waals surface area contributed by atoms with Gasteiger partial charge in [0, 0.05) is 10.2 Å². The maximum atomic E-state index is 5.75. The average molecular weight is 225 g/mol. The molecule has 0 unspecified atom stereocenters. The number of thioether (sulfide) groups is 1. The predicted octanol–water partition coefficient (Wildman–Crippen LogP) is 3.82. The third-order valence-corrected chi connectivity index (χ3v) is 3.81. The molecule has 0 aliphatic rings. The number of benzene rings is 1. The smallest absolute Gasteiger partial charge is 0.116 e. The second-order valence-electron chi connectivity index (χ2n) is 1.93. The van der Waals surface area contributed by atoms with Crippen LogP contribution in [0.5, 0.6) is 0 Å². The van der Waals surface area contributed by atoms with Crippen molar-refractivity contribution in [3.05, 3.63) is 24.3 Å².